The second-order valence-corrected chi connectivity index (χ2v) is 9.49. The second kappa shape index (κ2) is 8.68. The highest BCUT2D eigenvalue weighted by atomic mass is 32.2. The fourth-order valence-electron chi connectivity index (χ4n) is 4.08. The van der Waals surface area contributed by atoms with E-state index in [1.54, 1.807) is 12.1 Å². The van der Waals surface area contributed by atoms with Crippen LogP contribution in [0.3, 0.4) is 0 Å². The number of sulfonamides is 1. The highest BCUT2D eigenvalue weighted by molar-refractivity contribution is 7.89. The molecule has 1 fully saturated rings. The first-order chi connectivity index (χ1) is 14.8. The van der Waals surface area contributed by atoms with Gasteiger partial charge in [0, 0.05) is 18.7 Å². The number of rotatable bonds is 6. The number of aryl methyl sites for hydroxylation is 1. The molecule has 0 bridgehead atoms. The molecule has 0 aliphatic carbocycles. The number of fused-ring (bicyclic) bond motifs is 1. The largest absolute Gasteiger partial charge is 0.491 e. The fraction of sp³-hybridized carbons (Fsp3) is 0.364. The molecule has 0 aromatic heterocycles. The molecule has 2 aromatic rings. The summed E-state index contributed by atoms with van der Waals surface area (Å²) in [6, 6.07) is 11.7. The maximum atomic E-state index is 12.9. The van der Waals surface area contributed by atoms with E-state index in [0.29, 0.717) is 38.2 Å². The van der Waals surface area contributed by atoms with Crippen molar-refractivity contribution in [1.29, 1.82) is 0 Å². The average molecular weight is 444 g/mol. The molecule has 9 heteroatoms. The summed E-state index contributed by atoms with van der Waals surface area (Å²) in [5.41, 5.74) is 2.83. The van der Waals surface area contributed by atoms with Crippen molar-refractivity contribution in [1.82, 2.24) is 4.90 Å². The van der Waals surface area contributed by atoms with Gasteiger partial charge < -0.3 is 15.0 Å². The zero-order valence-corrected chi connectivity index (χ0v) is 17.9. The number of anilines is 1. The zero-order chi connectivity index (χ0) is 22.0. The lowest BCUT2D eigenvalue weighted by atomic mass is 9.99. The SMILES string of the molecule is NS(=O)(=O)c1ccc(OCC2CCCN2C(=O)Cc2ccc3c(c2)CCC(=O)N3)cc1. The quantitative estimate of drug-likeness (QED) is 0.706. The Kier molecular flexibility index (Phi) is 5.97. The Labute approximate surface area is 181 Å². The van der Waals surface area contributed by atoms with Crippen LogP contribution in [-0.2, 0) is 32.5 Å². The minimum Gasteiger partial charge on any atom is -0.491 e. The van der Waals surface area contributed by atoms with Gasteiger partial charge in [-0.1, -0.05) is 12.1 Å². The van der Waals surface area contributed by atoms with Crippen molar-refractivity contribution in [2.75, 3.05) is 18.5 Å². The molecule has 164 valence electrons. The number of nitrogens with zero attached hydrogens (tertiary/aromatic N) is 1. The van der Waals surface area contributed by atoms with Gasteiger partial charge in [0.25, 0.3) is 0 Å². The van der Waals surface area contributed by atoms with Crippen molar-refractivity contribution in [3.8, 4) is 5.75 Å². The number of primary sulfonamides is 1. The predicted octanol–water partition coefficient (Wildman–Crippen LogP) is 1.83. The van der Waals surface area contributed by atoms with E-state index in [-0.39, 0.29) is 22.8 Å². The van der Waals surface area contributed by atoms with Crippen LogP contribution in [0, 0.1) is 0 Å². The van der Waals surface area contributed by atoms with Gasteiger partial charge in [-0.2, -0.15) is 0 Å². The average Bonchev–Trinajstić information content (AvgIpc) is 3.21. The second-order valence-electron chi connectivity index (χ2n) is 7.93. The summed E-state index contributed by atoms with van der Waals surface area (Å²) in [6.07, 6.45) is 3.24. The van der Waals surface area contributed by atoms with Gasteiger partial charge in [-0.05, 0) is 60.7 Å². The fourth-order valence-corrected chi connectivity index (χ4v) is 4.59. The Bertz CT molecular complexity index is 1100. The first-order valence-corrected chi connectivity index (χ1v) is 11.8. The van der Waals surface area contributed by atoms with Crippen LogP contribution in [0.2, 0.25) is 0 Å². The van der Waals surface area contributed by atoms with Crippen molar-refractivity contribution in [3.05, 3.63) is 53.6 Å². The predicted molar refractivity (Wildman–Crippen MR) is 115 cm³/mol. The molecular weight excluding hydrogens is 418 g/mol. The highest BCUT2D eigenvalue weighted by Gasteiger charge is 2.29. The lowest BCUT2D eigenvalue weighted by Crippen LogP contribution is -2.39. The summed E-state index contributed by atoms with van der Waals surface area (Å²) < 4.78 is 28.5. The lowest BCUT2D eigenvalue weighted by molar-refractivity contribution is -0.131. The van der Waals surface area contributed by atoms with Crippen LogP contribution in [-0.4, -0.2) is 44.3 Å². The third kappa shape index (κ3) is 5.05. The van der Waals surface area contributed by atoms with Crippen LogP contribution in [0.1, 0.15) is 30.4 Å². The normalized spacial score (nSPS) is 18.4. The first kappa shape index (κ1) is 21.3. The Balaban J connectivity index is 1.36. The third-order valence-electron chi connectivity index (χ3n) is 5.71. The number of benzene rings is 2. The monoisotopic (exact) mass is 443 g/mol. The van der Waals surface area contributed by atoms with E-state index in [1.807, 2.05) is 23.1 Å². The number of likely N-dealkylation sites (tertiary alicyclic amines) is 1. The molecule has 2 aliphatic rings. The van der Waals surface area contributed by atoms with E-state index in [1.165, 1.54) is 12.1 Å². The summed E-state index contributed by atoms with van der Waals surface area (Å²) in [5, 5.41) is 7.96. The van der Waals surface area contributed by atoms with E-state index in [0.717, 1.165) is 29.7 Å². The summed E-state index contributed by atoms with van der Waals surface area (Å²) in [5.74, 6) is 0.606. The zero-order valence-electron chi connectivity index (χ0n) is 17.0. The van der Waals surface area contributed by atoms with Crippen LogP contribution in [0.4, 0.5) is 5.69 Å². The molecule has 2 amide bonds. The molecule has 1 saturated heterocycles. The summed E-state index contributed by atoms with van der Waals surface area (Å²) in [6.45, 7) is 1.04. The summed E-state index contributed by atoms with van der Waals surface area (Å²) in [4.78, 5) is 26.3. The minimum absolute atomic E-state index is 0.0236. The minimum atomic E-state index is -3.74. The number of carbonyl (C=O) groups excluding carboxylic acids is 2. The summed E-state index contributed by atoms with van der Waals surface area (Å²) in [7, 11) is -3.74. The molecule has 31 heavy (non-hydrogen) atoms. The highest BCUT2D eigenvalue weighted by Crippen LogP contribution is 2.25. The summed E-state index contributed by atoms with van der Waals surface area (Å²) >= 11 is 0. The van der Waals surface area contributed by atoms with Gasteiger partial charge >= 0.3 is 0 Å². The van der Waals surface area contributed by atoms with Crippen molar-refractivity contribution in [2.45, 2.75) is 43.0 Å². The van der Waals surface area contributed by atoms with Crippen LogP contribution >= 0.6 is 0 Å². The van der Waals surface area contributed by atoms with Gasteiger partial charge in [0.1, 0.15) is 12.4 Å². The van der Waals surface area contributed by atoms with Crippen LogP contribution in [0.25, 0.3) is 0 Å². The topological polar surface area (TPSA) is 119 Å². The molecule has 3 N–H and O–H groups in total. The molecular formula is C22H25N3O5S. The van der Waals surface area contributed by atoms with E-state index < -0.39 is 10.0 Å². The van der Waals surface area contributed by atoms with E-state index in [4.69, 9.17) is 9.88 Å². The van der Waals surface area contributed by atoms with Gasteiger partial charge in [-0.15, -0.1) is 0 Å². The molecule has 4 rings (SSSR count). The molecule has 2 heterocycles. The number of amides is 2. The van der Waals surface area contributed by atoms with E-state index in [9.17, 15) is 18.0 Å². The molecule has 0 spiro atoms. The van der Waals surface area contributed by atoms with Crippen LogP contribution in [0.5, 0.6) is 5.75 Å². The van der Waals surface area contributed by atoms with Crippen molar-refractivity contribution >= 4 is 27.5 Å². The molecule has 1 unspecified atom stereocenters. The van der Waals surface area contributed by atoms with Crippen molar-refractivity contribution in [2.24, 2.45) is 5.14 Å². The molecule has 0 radical (unpaired) electrons. The molecule has 2 aliphatic heterocycles. The number of carbonyl (C=O) groups is 2. The van der Waals surface area contributed by atoms with Crippen molar-refractivity contribution < 1.29 is 22.7 Å². The van der Waals surface area contributed by atoms with Gasteiger partial charge in [0.05, 0.1) is 17.4 Å². The van der Waals surface area contributed by atoms with E-state index >= 15 is 0 Å². The lowest BCUT2D eigenvalue weighted by Gasteiger charge is -2.25. The maximum Gasteiger partial charge on any atom is 0.238 e. The Morgan fingerprint density at radius 2 is 1.94 bits per heavy atom. The number of hydrogen-bond acceptors (Lipinski definition) is 5. The van der Waals surface area contributed by atoms with Gasteiger partial charge in [-0.3, -0.25) is 9.59 Å². The molecule has 2 aromatic carbocycles. The van der Waals surface area contributed by atoms with Crippen LogP contribution in [0.15, 0.2) is 47.4 Å². The molecule has 1 atom stereocenters. The van der Waals surface area contributed by atoms with Crippen molar-refractivity contribution in [3.63, 3.8) is 0 Å². The Morgan fingerprint density at radius 3 is 2.68 bits per heavy atom. The maximum absolute atomic E-state index is 12.9. The van der Waals surface area contributed by atoms with Gasteiger partial charge in [0.2, 0.25) is 21.8 Å². The number of nitrogens with two attached hydrogens (primary N) is 1. The molecule has 0 saturated carbocycles. The number of ether oxygens (including phenoxy) is 1. The standard InChI is InChI=1S/C22H25N3O5S/c23-31(28,29)19-7-5-18(6-8-19)30-14-17-2-1-11-25(17)22(27)13-15-3-9-20-16(12-15)4-10-21(26)24-20/h3,5-9,12,17H,1-2,4,10-11,13-14H2,(H,24,26)(H2,23,28,29). The van der Waals surface area contributed by atoms with E-state index in [2.05, 4.69) is 5.32 Å². The third-order valence-corrected chi connectivity index (χ3v) is 6.64. The Hall–Kier alpha value is -2.91. The van der Waals surface area contributed by atoms with Crippen LogP contribution < -0.4 is 15.2 Å². The molecule has 8 nitrogen and oxygen atoms in total. The Morgan fingerprint density at radius 1 is 1.16 bits per heavy atom. The number of nitrogens with one attached hydrogen (secondary N) is 1. The van der Waals surface area contributed by atoms with Gasteiger partial charge in [-0.25, -0.2) is 13.6 Å². The smallest absolute Gasteiger partial charge is 0.238 e. The number of hydrogen-bond donors (Lipinski definition) is 2. The first-order valence-electron chi connectivity index (χ1n) is 10.3. The van der Waals surface area contributed by atoms with Gasteiger partial charge in [0.15, 0.2) is 0 Å².